The van der Waals surface area contributed by atoms with Gasteiger partial charge in [-0.3, -0.25) is 0 Å². The lowest BCUT2D eigenvalue weighted by molar-refractivity contribution is 0.0696. The maximum atomic E-state index is 11.2. The number of aliphatic hydroxyl groups excluding tert-OH is 1. The topological polar surface area (TPSA) is 127 Å². The molecule has 0 fully saturated rings. The van der Waals surface area contributed by atoms with Crippen molar-refractivity contribution in [3.8, 4) is 29.0 Å². The molecule has 0 aliphatic carbocycles. The number of aromatic nitrogens is 1. The summed E-state index contributed by atoms with van der Waals surface area (Å²) in [6.45, 7) is 0.0338. The Kier molecular flexibility index (Phi) is 7.69. The number of benzene rings is 2. The zero-order valence-corrected chi connectivity index (χ0v) is 18.2. The van der Waals surface area contributed by atoms with Crippen LogP contribution in [0.2, 0.25) is 5.15 Å². The molecule has 32 heavy (non-hydrogen) atoms. The monoisotopic (exact) mass is 465 g/mol. The van der Waals surface area contributed by atoms with E-state index in [4.69, 9.17) is 26.6 Å². The van der Waals surface area contributed by atoms with E-state index in [1.54, 1.807) is 42.5 Å². The fourth-order valence-electron chi connectivity index (χ4n) is 2.96. The van der Waals surface area contributed by atoms with Crippen molar-refractivity contribution in [2.24, 2.45) is 0 Å². The number of rotatable bonds is 8. The first-order valence-electron chi connectivity index (χ1n) is 9.31. The van der Waals surface area contributed by atoms with Crippen LogP contribution >= 0.6 is 23.4 Å². The molecule has 2 N–H and O–H groups in total. The lowest BCUT2D eigenvalue weighted by atomic mass is 9.97. The average molecular weight is 466 g/mol. The third kappa shape index (κ3) is 5.19. The molecule has 3 rings (SSSR count). The molecule has 0 aliphatic rings. The molecule has 0 saturated heterocycles. The summed E-state index contributed by atoms with van der Waals surface area (Å²) < 4.78 is 5.36. The summed E-state index contributed by atoms with van der Waals surface area (Å²) in [7, 11) is 0. The zero-order valence-electron chi connectivity index (χ0n) is 16.6. The molecule has 7 nitrogen and oxygen atoms in total. The number of carbonyl (C=O) groups is 1. The van der Waals surface area contributed by atoms with E-state index in [9.17, 15) is 15.3 Å². The molecule has 0 spiro atoms. The number of carboxylic acid groups (broad SMARTS) is 1. The van der Waals surface area contributed by atoms with Crippen molar-refractivity contribution in [1.29, 1.82) is 10.5 Å². The van der Waals surface area contributed by atoms with Crippen molar-refractivity contribution < 1.29 is 19.7 Å². The first kappa shape index (κ1) is 23.1. The second kappa shape index (κ2) is 10.7. The van der Waals surface area contributed by atoms with E-state index in [0.717, 1.165) is 5.56 Å². The van der Waals surface area contributed by atoms with Crippen LogP contribution in [0.15, 0.2) is 53.6 Å². The quantitative estimate of drug-likeness (QED) is 0.367. The summed E-state index contributed by atoms with van der Waals surface area (Å²) in [6, 6.07) is 17.4. The molecule has 1 heterocycles. The summed E-state index contributed by atoms with van der Waals surface area (Å²) in [5.41, 5.74) is 2.16. The molecule has 0 bridgehead atoms. The van der Waals surface area contributed by atoms with Gasteiger partial charge in [0.1, 0.15) is 34.7 Å². The molecule has 1 aromatic heterocycles. The van der Waals surface area contributed by atoms with Gasteiger partial charge in [-0.1, -0.05) is 35.9 Å². The Bertz CT molecular complexity index is 1230. The van der Waals surface area contributed by atoms with Gasteiger partial charge in [-0.2, -0.15) is 10.5 Å². The summed E-state index contributed by atoms with van der Waals surface area (Å²) in [6.07, 6.45) is 0. The van der Waals surface area contributed by atoms with Crippen LogP contribution in [0.25, 0.3) is 11.1 Å². The number of nitrogens with zero attached hydrogens (tertiary/aromatic N) is 3. The van der Waals surface area contributed by atoms with Crippen LogP contribution in [-0.2, 0) is 5.75 Å². The molecule has 0 aliphatic heterocycles. The second-order valence-corrected chi connectivity index (χ2v) is 7.77. The van der Waals surface area contributed by atoms with E-state index in [-0.39, 0.29) is 35.1 Å². The van der Waals surface area contributed by atoms with E-state index in [1.807, 2.05) is 6.07 Å². The molecule has 160 valence electrons. The average Bonchev–Trinajstić information content (AvgIpc) is 2.81. The van der Waals surface area contributed by atoms with Gasteiger partial charge < -0.3 is 14.9 Å². The van der Waals surface area contributed by atoms with E-state index in [1.165, 1.54) is 17.8 Å². The minimum absolute atomic E-state index is 0.0242. The van der Waals surface area contributed by atoms with Gasteiger partial charge in [0, 0.05) is 11.3 Å². The second-order valence-electron chi connectivity index (χ2n) is 6.45. The molecular formula is C23H16ClN3O4S. The zero-order chi connectivity index (χ0) is 23.1. The van der Waals surface area contributed by atoms with Crippen molar-refractivity contribution in [2.45, 2.75) is 10.8 Å². The number of pyridine rings is 1. The Morgan fingerprint density at radius 1 is 1.12 bits per heavy atom. The SMILES string of the molecule is N#Cc1c(Cl)nc(SCc2cccc(C(=O)O)c2)c(C#N)c1-c1ccc(OCCO)cc1. The highest BCUT2D eigenvalue weighted by atomic mass is 35.5. The van der Waals surface area contributed by atoms with E-state index in [0.29, 0.717) is 27.7 Å². The van der Waals surface area contributed by atoms with Crippen molar-refractivity contribution >= 4 is 29.3 Å². The number of aliphatic hydroxyl groups is 1. The number of nitriles is 2. The predicted molar refractivity (Wildman–Crippen MR) is 120 cm³/mol. The van der Waals surface area contributed by atoms with E-state index >= 15 is 0 Å². The molecule has 0 saturated carbocycles. The fourth-order valence-corrected chi connectivity index (χ4v) is 4.16. The number of halogens is 1. The van der Waals surface area contributed by atoms with Gasteiger partial charge in [-0.15, -0.1) is 11.8 Å². The lowest BCUT2D eigenvalue weighted by Gasteiger charge is -2.13. The van der Waals surface area contributed by atoms with Gasteiger partial charge in [0.15, 0.2) is 0 Å². The Morgan fingerprint density at radius 3 is 2.47 bits per heavy atom. The number of ether oxygens (including phenoxy) is 1. The van der Waals surface area contributed by atoms with Gasteiger partial charge in [0.2, 0.25) is 0 Å². The molecule has 2 aromatic carbocycles. The summed E-state index contributed by atoms with van der Waals surface area (Å²) in [5.74, 6) is -0.131. The highest BCUT2D eigenvalue weighted by Gasteiger charge is 2.21. The van der Waals surface area contributed by atoms with Crippen LogP contribution < -0.4 is 4.74 Å². The predicted octanol–water partition coefficient (Wildman–Crippen LogP) is 4.51. The highest BCUT2D eigenvalue weighted by Crippen LogP contribution is 2.37. The minimum atomic E-state index is -1.03. The minimum Gasteiger partial charge on any atom is -0.491 e. The Morgan fingerprint density at radius 2 is 1.84 bits per heavy atom. The number of aromatic carboxylic acids is 1. The molecule has 3 aromatic rings. The Labute approximate surface area is 193 Å². The first-order chi connectivity index (χ1) is 15.5. The van der Waals surface area contributed by atoms with Crippen LogP contribution in [-0.4, -0.2) is 34.4 Å². The molecule has 0 amide bonds. The van der Waals surface area contributed by atoms with Crippen molar-refractivity contribution in [1.82, 2.24) is 4.98 Å². The van der Waals surface area contributed by atoms with Crippen LogP contribution in [0.5, 0.6) is 5.75 Å². The van der Waals surface area contributed by atoms with Crippen molar-refractivity contribution in [3.05, 3.63) is 75.9 Å². The third-order valence-electron chi connectivity index (χ3n) is 4.40. The van der Waals surface area contributed by atoms with Gasteiger partial charge in [-0.05, 0) is 35.4 Å². The van der Waals surface area contributed by atoms with Crippen LogP contribution in [0.1, 0.15) is 27.0 Å². The summed E-state index contributed by atoms with van der Waals surface area (Å²) in [4.78, 5) is 15.4. The summed E-state index contributed by atoms with van der Waals surface area (Å²) >= 11 is 7.50. The highest BCUT2D eigenvalue weighted by molar-refractivity contribution is 7.98. The first-order valence-corrected chi connectivity index (χ1v) is 10.7. The maximum Gasteiger partial charge on any atom is 0.335 e. The molecule has 9 heteroatoms. The third-order valence-corrected chi connectivity index (χ3v) is 5.72. The van der Waals surface area contributed by atoms with E-state index < -0.39 is 5.97 Å². The normalized spacial score (nSPS) is 10.2. The van der Waals surface area contributed by atoms with Crippen LogP contribution in [0.3, 0.4) is 0 Å². The molecule has 0 radical (unpaired) electrons. The van der Waals surface area contributed by atoms with Crippen molar-refractivity contribution in [3.63, 3.8) is 0 Å². The lowest BCUT2D eigenvalue weighted by Crippen LogP contribution is -2.02. The molecule has 0 unspecified atom stereocenters. The number of hydrogen-bond donors (Lipinski definition) is 2. The number of carboxylic acids is 1. The standard InChI is InChI=1S/C23H16ClN3O4S/c24-21-18(11-25)20(15-4-6-17(7-5-15)31-9-8-28)19(12-26)22(27-21)32-13-14-2-1-3-16(10-14)23(29)30/h1-7,10,28H,8-9,13H2,(H,29,30). The smallest absolute Gasteiger partial charge is 0.335 e. The van der Waals surface area contributed by atoms with Gasteiger partial charge in [-0.25, -0.2) is 9.78 Å². The largest absolute Gasteiger partial charge is 0.491 e. The summed E-state index contributed by atoms with van der Waals surface area (Å²) in [5, 5.41) is 37.9. The van der Waals surface area contributed by atoms with Crippen LogP contribution in [0.4, 0.5) is 0 Å². The Balaban J connectivity index is 1.99. The van der Waals surface area contributed by atoms with Gasteiger partial charge in [0.05, 0.1) is 23.3 Å². The van der Waals surface area contributed by atoms with Crippen molar-refractivity contribution in [2.75, 3.05) is 13.2 Å². The Hall–Kier alpha value is -3.56. The van der Waals surface area contributed by atoms with E-state index in [2.05, 4.69) is 11.1 Å². The fraction of sp³-hybridized carbons (Fsp3) is 0.130. The maximum absolute atomic E-state index is 11.2. The number of hydrogen-bond acceptors (Lipinski definition) is 7. The molecule has 0 atom stereocenters. The molecular weight excluding hydrogens is 450 g/mol. The van der Waals surface area contributed by atoms with Gasteiger partial charge in [0.25, 0.3) is 0 Å². The number of thioether (sulfide) groups is 1. The van der Waals surface area contributed by atoms with Gasteiger partial charge >= 0.3 is 5.97 Å². The van der Waals surface area contributed by atoms with Crippen LogP contribution in [0, 0.1) is 22.7 Å².